The van der Waals surface area contributed by atoms with Gasteiger partial charge in [0.1, 0.15) is 11.5 Å². The zero-order valence-corrected chi connectivity index (χ0v) is 17.8. The number of rotatable bonds is 2. The minimum absolute atomic E-state index is 0.143. The van der Waals surface area contributed by atoms with Crippen molar-refractivity contribution in [3.8, 4) is 16.9 Å². The van der Waals surface area contributed by atoms with Gasteiger partial charge >= 0.3 is 0 Å². The lowest BCUT2D eigenvalue weighted by Crippen LogP contribution is -2.05. The zero-order chi connectivity index (χ0) is 26.1. The number of para-hydroxylation sites is 1. The predicted octanol–water partition coefficient (Wildman–Crippen LogP) is 8.51. The molecule has 0 aromatic heterocycles. The van der Waals surface area contributed by atoms with Gasteiger partial charge in [-0.3, -0.25) is 0 Å². The average Bonchev–Trinajstić information content (AvgIpc) is 3.33. The van der Waals surface area contributed by atoms with Crippen LogP contribution >= 0.6 is 0 Å². The van der Waals surface area contributed by atoms with Gasteiger partial charge in [0.2, 0.25) is 0 Å². The van der Waals surface area contributed by atoms with Crippen LogP contribution in [0.25, 0.3) is 38.2 Å². The van der Waals surface area contributed by atoms with Crippen molar-refractivity contribution < 1.29 is 11.6 Å². The van der Waals surface area contributed by atoms with Crippen LogP contribution in [0.15, 0.2) is 121 Å². The molecule has 1 unspecified atom stereocenters. The van der Waals surface area contributed by atoms with E-state index in [1.54, 1.807) is 0 Å². The summed E-state index contributed by atoms with van der Waals surface area (Å²) in [4.78, 5) is 0. The molecule has 1 heterocycles. The number of benzene rings is 5. The molecule has 5 aromatic rings. The number of hydrogen-bond acceptors (Lipinski definition) is 1. The Morgan fingerprint density at radius 2 is 1.27 bits per heavy atom. The maximum Gasteiger partial charge on any atom is 0.130 e. The van der Waals surface area contributed by atoms with Crippen molar-refractivity contribution in [2.75, 3.05) is 0 Å². The van der Waals surface area contributed by atoms with Crippen molar-refractivity contribution in [1.29, 1.82) is 0 Å². The third kappa shape index (κ3) is 2.79. The lowest BCUT2D eigenvalue weighted by atomic mass is 9.80. The van der Waals surface area contributed by atoms with Gasteiger partial charge in [-0.15, -0.1) is 0 Å². The van der Waals surface area contributed by atoms with E-state index in [-0.39, 0.29) is 41.7 Å². The normalized spacial score (nSPS) is 18.8. The van der Waals surface area contributed by atoms with Crippen LogP contribution in [0.5, 0.6) is 5.75 Å². The van der Waals surface area contributed by atoms with E-state index in [9.17, 15) is 0 Å². The quantitative estimate of drug-likeness (QED) is 0.257. The highest BCUT2D eigenvalue weighted by Gasteiger charge is 2.32. The van der Waals surface area contributed by atoms with E-state index in [4.69, 9.17) is 11.6 Å². The highest BCUT2D eigenvalue weighted by molar-refractivity contribution is 6.18. The van der Waals surface area contributed by atoms with Gasteiger partial charge in [-0.2, -0.15) is 0 Å². The monoisotopic (exact) mass is 427 g/mol. The molecule has 1 aliphatic carbocycles. The summed E-state index contributed by atoms with van der Waals surface area (Å²) in [5.41, 5.74) is 4.37. The number of hydrogen-bond donors (Lipinski definition) is 0. The molecule has 0 spiro atoms. The molecule has 1 atom stereocenters. The maximum absolute atomic E-state index is 8.72. The van der Waals surface area contributed by atoms with Crippen molar-refractivity contribution >= 4 is 27.1 Å². The first-order chi connectivity index (χ1) is 18.5. The van der Waals surface area contributed by atoms with E-state index in [1.807, 2.05) is 54.6 Å². The highest BCUT2D eigenvalue weighted by Crippen LogP contribution is 2.50. The van der Waals surface area contributed by atoms with Gasteiger partial charge in [-0.1, -0.05) is 103 Å². The average molecular weight is 428 g/mol. The molecule has 0 fully saturated rings. The summed E-state index contributed by atoms with van der Waals surface area (Å²) in [6.45, 7) is 0. The van der Waals surface area contributed by atoms with Gasteiger partial charge in [0.25, 0.3) is 0 Å². The van der Waals surface area contributed by atoms with Gasteiger partial charge in [-0.05, 0) is 62.4 Å². The van der Waals surface area contributed by atoms with Crippen LogP contribution in [-0.4, -0.2) is 0 Å². The SMILES string of the molecule is [2H]c1c([2H])c([2H])c(-c2c3ccccc3c(C3=CC=C4Oc5ccccc5C4C3)c3ccccc23)c([2H])c1[2H]. The zero-order valence-electron chi connectivity index (χ0n) is 22.8. The van der Waals surface area contributed by atoms with Crippen LogP contribution in [0.1, 0.15) is 30.3 Å². The smallest absolute Gasteiger partial charge is 0.130 e. The molecule has 0 N–H and O–H groups in total. The van der Waals surface area contributed by atoms with Gasteiger partial charge in [0, 0.05) is 11.5 Å². The van der Waals surface area contributed by atoms with Gasteiger partial charge in [0.05, 0.1) is 6.85 Å². The molecule has 1 heteroatoms. The van der Waals surface area contributed by atoms with Crippen molar-refractivity contribution in [1.82, 2.24) is 0 Å². The molecule has 0 saturated carbocycles. The maximum atomic E-state index is 8.72. The number of allylic oxidation sites excluding steroid dienone is 4. The Hall–Kier alpha value is -4.10. The number of fused-ring (bicyclic) bond motifs is 5. The van der Waals surface area contributed by atoms with Gasteiger partial charge < -0.3 is 4.74 Å². The standard InChI is InChI=1S/C32H22O/c1-2-10-21(11-3-1)31-24-13-4-6-15-26(24)32(27-16-7-5-14-25(27)31)22-18-19-30-28(20-22)23-12-8-9-17-29(23)33-30/h1-19,28H,20H2/i1D,2D,3D,10D,11D. The minimum Gasteiger partial charge on any atom is -0.461 e. The molecule has 0 radical (unpaired) electrons. The predicted molar refractivity (Wildman–Crippen MR) is 137 cm³/mol. The Labute approximate surface area is 200 Å². The number of ether oxygens (including phenoxy) is 1. The topological polar surface area (TPSA) is 9.23 Å². The summed E-state index contributed by atoms with van der Waals surface area (Å²) in [7, 11) is 0. The molecule has 33 heavy (non-hydrogen) atoms. The Bertz CT molecular complexity index is 1800. The molecule has 1 aliphatic heterocycles. The van der Waals surface area contributed by atoms with E-state index in [0.717, 1.165) is 45.0 Å². The van der Waals surface area contributed by atoms with E-state index >= 15 is 0 Å². The Morgan fingerprint density at radius 1 is 0.667 bits per heavy atom. The Morgan fingerprint density at radius 3 is 1.97 bits per heavy atom. The van der Waals surface area contributed by atoms with Crippen molar-refractivity contribution in [2.45, 2.75) is 12.3 Å². The fraction of sp³-hybridized carbons (Fsp3) is 0.0625. The summed E-state index contributed by atoms with van der Waals surface area (Å²) in [6, 6.07) is 22.7. The highest BCUT2D eigenvalue weighted by atomic mass is 16.5. The molecule has 5 aromatic carbocycles. The second kappa shape index (κ2) is 7.21. The van der Waals surface area contributed by atoms with Gasteiger partial charge in [0.15, 0.2) is 0 Å². The van der Waals surface area contributed by atoms with Crippen LogP contribution in [0.2, 0.25) is 0 Å². The first-order valence-electron chi connectivity index (χ1n) is 13.6. The molecule has 7 rings (SSSR count). The summed E-state index contributed by atoms with van der Waals surface area (Å²) in [5, 5.41) is 3.70. The second-order valence-corrected chi connectivity index (χ2v) is 8.50. The third-order valence-electron chi connectivity index (χ3n) is 6.74. The Balaban J connectivity index is 1.54. The summed E-state index contributed by atoms with van der Waals surface area (Å²) in [6.07, 6.45) is 4.98. The van der Waals surface area contributed by atoms with Crippen molar-refractivity contribution in [2.24, 2.45) is 0 Å². The molecule has 1 nitrogen and oxygen atoms in total. The van der Waals surface area contributed by atoms with E-state index in [1.165, 1.54) is 11.1 Å². The largest absolute Gasteiger partial charge is 0.461 e. The van der Waals surface area contributed by atoms with E-state index < -0.39 is 0 Å². The minimum atomic E-state index is -0.386. The van der Waals surface area contributed by atoms with Crippen LogP contribution in [-0.2, 0) is 0 Å². The first kappa shape index (κ1) is 14.1. The Kier molecular flexibility index (Phi) is 3.09. The second-order valence-electron chi connectivity index (χ2n) is 8.50. The molecular formula is C32H22O. The summed E-state index contributed by atoms with van der Waals surface area (Å²) >= 11 is 0. The van der Waals surface area contributed by atoms with Crippen LogP contribution in [0.3, 0.4) is 0 Å². The third-order valence-corrected chi connectivity index (χ3v) is 6.74. The van der Waals surface area contributed by atoms with E-state index in [2.05, 4.69) is 30.4 Å². The first-order valence-corrected chi connectivity index (χ1v) is 11.1. The molecule has 0 saturated heterocycles. The van der Waals surface area contributed by atoms with Crippen LogP contribution in [0.4, 0.5) is 0 Å². The molecule has 2 aliphatic rings. The van der Waals surface area contributed by atoms with Crippen molar-refractivity contribution in [3.05, 3.63) is 132 Å². The van der Waals surface area contributed by atoms with Crippen LogP contribution < -0.4 is 4.74 Å². The summed E-state index contributed by atoms with van der Waals surface area (Å²) in [5.74, 6) is 2.01. The lowest BCUT2D eigenvalue weighted by Gasteiger charge is -2.23. The molecule has 0 amide bonds. The van der Waals surface area contributed by atoms with Gasteiger partial charge in [-0.25, -0.2) is 0 Å². The fourth-order valence-electron chi connectivity index (χ4n) is 5.35. The lowest BCUT2D eigenvalue weighted by molar-refractivity contribution is 0.426. The molecular weight excluding hydrogens is 400 g/mol. The van der Waals surface area contributed by atoms with E-state index in [0.29, 0.717) is 5.56 Å². The fourth-order valence-corrected chi connectivity index (χ4v) is 5.35. The van der Waals surface area contributed by atoms with Crippen LogP contribution in [0, 0.1) is 0 Å². The molecule has 0 bridgehead atoms. The summed E-state index contributed by atoms with van der Waals surface area (Å²) < 4.78 is 48.2. The molecule has 156 valence electrons. The van der Waals surface area contributed by atoms with Crippen molar-refractivity contribution in [3.63, 3.8) is 0 Å².